The lowest BCUT2D eigenvalue weighted by atomic mass is 10.0. The van der Waals surface area contributed by atoms with Crippen molar-refractivity contribution in [3.05, 3.63) is 46.8 Å². The van der Waals surface area contributed by atoms with Crippen LogP contribution in [0, 0.1) is 5.82 Å². The highest BCUT2D eigenvalue weighted by Crippen LogP contribution is 2.20. The third-order valence-electron chi connectivity index (χ3n) is 2.59. The first-order valence-electron chi connectivity index (χ1n) is 5.81. The number of nitrogens with two attached hydrogens (primary N) is 1. The predicted molar refractivity (Wildman–Crippen MR) is 68.8 cm³/mol. The maximum Gasteiger partial charge on any atom is 0.490 e. The largest absolute Gasteiger partial charge is 0.490 e. The summed E-state index contributed by atoms with van der Waals surface area (Å²) in [6.45, 7) is 0. The van der Waals surface area contributed by atoms with Gasteiger partial charge in [0.25, 0.3) is 0 Å². The second-order valence-electron chi connectivity index (χ2n) is 4.13. The lowest BCUT2D eigenvalue weighted by molar-refractivity contribution is -0.203. The highest BCUT2D eigenvalue weighted by atomic mass is 35.5. The fraction of sp³-hybridized carbons (Fsp3) is 0.308. The van der Waals surface area contributed by atoms with E-state index in [4.69, 9.17) is 17.3 Å². The third-order valence-corrected chi connectivity index (χ3v) is 2.87. The Morgan fingerprint density at radius 2 is 1.90 bits per heavy atom. The number of halogens is 5. The number of benzene rings is 1. The average Bonchev–Trinajstić information content (AvgIpc) is 2.40. The lowest BCUT2D eigenvalue weighted by Gasteiger charge is -2.17. The van der Waals surface area contributed by atoms with Crippen molar-refractivity contribution in [2.45, 2.75) is 25.2 Å². The highest BCUT2D eigenvalue weighted by molar-refractivity contribution is 6.25. The molecule has 1 aromatic rings. The number of aryl methyl sites for hydroxylation is 1. The van der Waals surface area contributed by atoms with E-state index in [0.717, 1.165) is 11.1 Å². The van der Waals surface area contributed by atoms with Crippen molar-refractivity contribution in [2.24, 2.45) is 5.73 Å². The Morgan fingerprint density at radius 3 is 2.38 bits per heavy atom. The fourth-order valence-corrected chi connectivity index (χ4v) is 1.69. The van der Waals surface area contributed by atoms with Crippen molar-refractivity contribution in [1.29, 1.82) is 0 Å². The smallest absolute Gasteiger partial charge is 0.436 e. The molecule has 1 unspecified atom stereocenters. The molecular weight excluding hydrogens is 314 g/mol. The molecule has 21 heavy (non-hydrogen) atoms. The topological polar surface area (TPSA) is 52.3 Å². The number of ether oxygens (including phenoxy) is 1. The summed E-state index contributed by atoms with van der Waals surface area (Å²) in [5.74, 6) is -2.78. The minimum absolute atomic E-state index is 0.124. The number of alkyl halides is 3. The first-order chi connectivity index (χ1) is 9.74. The van der Waals surface area contributed by atoms with Gasteiger partial charge in [-0.2, -0.15) is 13.2 Å². The molecule has 1 aromatic carbocycles. The Kier molecular flexibility index (Phi) is 6.17. The second-order valence-corrected chi connectivity index (χ2v) is 4.35. The molecule has 0 heterocycles. The molecule has 1 rings (SSSR count). The molecule has 0 aliphatic carbocycles. The SMILES string of the molecule is NC(OC(=O)C(F)(F)F)/C(=C\Cl)CCc1ccc(F)cc1. The Hall–Kier alpha value is -1.60. The maximum atomic E-state index is 12.7. The molecule has 0 aliphatic rings. The molecule has 8 heteroatoms. The molecule has 0 saturated heterocycles. The van der Waals surface area contributed by atoms with Gasteiger partial charge < -0.3 is 4.74 Å². The molecule has 0 spiro atoms. The van der Waals surface area contributed by atoms with E-state index >= 15 is 0 Å². The number of carbonyl (C=O) groups is 1. The molecular formula is C13H12ClF4NO2. The van der Waals surface area contributed by atoms with Crippen LogP contribution < -0.4 is 5.73 Å². The minimum Gasteiger partial charge on any atom is -0.436 e. The van der Waals surface area contributed by atoms with Crippen molar-refractivity contribution in [1.82, 2.24) is 0 Å². The zero-order valence-electron chi connectivity index (χ0n) is 10.7. The quantitative estimate of drug-likeness (QED) is 0.513. The van der Waals surface area contributed by atoms with E-state index in [0.29, 0.717) is 6.42 Å². The Balaban J connectivity index is 2.59. The van der Waals surface area contributed by atoms with Crippen LogP contribution in [-0.2, 0) is 16.0 Å². The van der Waals surface area contributed by atoms with E-state index in [9.17, 15) is 22.4 Å². The van der Waals surface area contributed by atoms with E-state index in [1.54, 1.807) is 0 Å². The van der Waals surface area contributed by atoms with E-state index in [1.165, 1.54) is 24.3 Å². The maximum absolute atomic E-state index is 12.7. The van der Waals surface area contributed by atoms with Gasteiger partial charge in [0.1, 0.15) is 5.82 Å². The first-order valence-corrected chi connectivity index (χ1v) is 6.24. The van der Waals surface area contributed by atoms with Gasteiger partial charge in [0.15, 0.2) is 6.23 Å². The van der Waals surface area contributed by atoms with Crippen LogP contribution in [0.5, 0.6) is 0 Å². The third kappa shape index (κ3) is 5.73. The van der Waals surface area contributed by atoms with Crippen LogP contribution in [0.4, 0.5) is 17.6 Å². The van der Waals surface area contributed by atoms with Gasteiger partial charge >= 0.3 is 12.1 Å². The van der Waals surface area contributed by atoms with Crippen LogP contribution in [0.1, 0.15) is 12.0 Å². The van der Waals surface area contributed by atoms with Crippen LogP contribution in [0.3, 0.4) is 0 Å². The van der Waals surface area contributed by atoms with Gasteiger partial charge in [-0.25, -0.2) is 9.18 Å². The zero-order valence-corrected chi connectivity index (χ0v) is 11.4. The summed E-state index contributed by atoms with van der Waals surface area (Å²) in [6, 6.07) is 5.55. The average molecular weight is 326 g/mol. The normalized spacial score (nSPS) is 13.9. The number of hydrogen-bond acceptors (Lipinski definition) is 3. The summed E-state index contributed by atoms with van der Waals surface area (Å²) < 4.78 is 52.9. The molecule has 0 bridgehead atoms. The Bertz CT molecular complexity index is 514. The van der Waals surface area contributed by atoms with Crippen molar-refractivity contribution in [3.8, 4) is 0 Å². The van der Waals surface area contributed by atoms with E-state index < -0.39 is 24.2 Å². The molecule has 0 radical (unpaired) electrons. The molecule has 116 valence electrons. The monoisotopic (exact) mass is 325 g/mol. The predicted octanol–water partition coefficient (Wildman–Crippen LogP) is 3.27. The molecule has 0 amide bonds. The highest BCUT2D eigenvalue weighted by Gasteiger charge is 2.42. The first kappa shape index (κ1) is 17.5. The fourth-order valence-electron chi connectivity index (χ4n) is 1.46. The number of rotatable bonds is 5. The molecule has 0 aromatic heterocycles. The van der Waals surface area contributed by atoms with Crippen LogP contribution in [0.2, 0.25) is 0 Å². The van der Waals surface area contributed by atoms with Gasteiger partial charge in [-0.3, -0.25) is 5.73 Å². The van der Waals surface area contributed by atoms with E-state index in [2.05, 4.69) is 4.74 Å². The van der Waals surface area contributed by atoms with Crippen LogP contribution in [-0.4, -0.2) is 18.4 Å². The van der Waals surface area contributed by atoms with Gasteiger partial charge in [0.2, 0.25) is 0 Å². The number of hydrogen-bond donors (Lipinski definition) is 1. The molecule has 1 atom stereocenters. The van der Waals surface area contributed by atoms with Crippen LogP contribution >= 0.6 is 11.6 Å². The summed E-state index contributed by atoms with van der Waals surface area (Å²) in [5.41, 5.74) is 7.19. The second kappa shape index (κ2) is 7.42. The van der Waals surface area contributed by atoms with Gasteiger partial charge in [0, 0.05) is 5.54 Å². The van der Waals surface area contributed by atoms with Gasteiger partial charge in [-0.1, -0.05) is 23.7 Å². The Labute approximate surface area is 123 Å². The molecule has 0 aliphatic heterocycles. The van der Waals surface area contributed by atoms with E-state index in [-0.39, 0.29) is 12.0 Å². The van der Waals surface area contributed by atoms with Crippen molar-refractivity contribution < 1.29 is 27.1 Å². The summed E-state index contributed by atoms with van der Waals surface area (Å²) in [7, 11) is 0. The van der Waals surface area contributed by atoms with Crippen molar-refractivity contribution in [2.75, 3.05) is 0 Å². The van der Waals surface area contributed by atoms with Crippen LogP contribution in [0.25, 0.3) is 0 Å². The van der Waals surface area contributed by atoms with E-state index in [1.807, 2.05) is 0 Å². The number of carbonyl (C=O) groups excluding carboxylic acids is 1. The summed E-state index contributed by atoms with van der Waals surface area (Å²) in [4.78, 5) is 10.7. The molecule has 2 N–H and O–H groups in total. The summed E-state index contributed by atoms with van der Waals surface area (Å²) in [5, 5.41) is 0. The molecule has 0 fully saturated rings. The lowest BCUT2D eigenvalue weighted by Crippen LogP contribution is -2.35. The van der Waals surface area contributed by atoms with Crippen LogP contribution in [0.15, 0.2) is 35.4 Å². The molecule has 3 nitrogen and oxygen atoms in total. The minimum atomic E-state index is -5.12. The van der Waals surface area contributed by atoms with Crippen molar-refractivity contribution in [3.63, 3.8) is 0 Å². The van der Waals surface area contributed by atoms with Gasteiger partial charge in [-0.05, 0) is 36.1 Å². The van der Waals surface area contributed by atoms with Gasteiger partial charge in [-0.15, -0.1) is 0 Å². The summed E-state index contributed by atoms with van der Waals surface area (Å²) >= 11 is 5.48. The number of esters is 1. The van der Waals surface area contributed by atoms with Crippen molar-refractivity contribution >= 4 is 17.6 Å². The standard InChI is InChI=1S/C13H12ClF4NO2/c14-7-9(11(19)21-12(20)13(16,17)18)4-1-8-2-5-10(15)6-3-8/h2-3,5-7,11H,1,4,19H2/b9-7-. The Morgan fingerprint density at radius 1 is 1.33 bits per heavy atom. The molecule has 0 saturated carbocycles. The van der Waals surface area contributed by atoms with Gasteiger partial charge in [0.05, 0.1) is 0 Å². The zero-order chi connectivity index (χ0) is 16.0. The summed E-state index contributed by atoms with van der Waals surface area (Å²) in [6.07, 6.45) is -6.18.